The molecule has 29 heteroatoms. The number of rotatable bonds is 10. The number of carbonyl (C=O) groups is 4. The first-order chi connectivity index (χ1) is 38.7. The lowest BCUT2D eigenvalue weighted by atomic mass is 9.89. The van der Waals surface area contributed by atoms with Gasteiger partial charge in [0, 0.05) is 102 Å². The molecule has 0 bridgehead atoms. The average Bonchev–Trinajstić information content (AvgIpc) is 3.60. The number of likely N-dealkylation sites (tertiary alicyclic amines) is 6. The first-order valence-corrected chi connectivity index (χ1v) is 28.3. The van der Waals surface area contributed by atoms with Crippen molar-refractivity contribution in [3.8, 4) is 0 Å². The molecule has 0 aromatic heterocycles. The van der Waals surface area contributed by atoms with Gasteiger partial charge < -0.3 is 40.9 Å². The molecule has 6 aliphatic rings. The number of piperidine rings is 2. The van der Waals surface area contributed by atoms with Gasteiger partial charge in [0.1, 0.15) is 0 Å². The predicted octanol–water partition coefficient (Wildman–Crippen LogP) is 9.54. The standard InChI is InChI=1S/C27H27Cl2F5N4O3.C17H21ClF3N3O2.C10H7BrClF2NO/c28-17-3-1-2-16(10-17)26(41,27(32,33)34)24(40)36-8-6-20(7-9-36)37-12-19(13-37)35-18-4-5-21(22(29)11-18)23(39)38-14-25(30,31)15-38;18-12-3-1-2-11(8-12)16(26,17(19,20)21)15(25)23-6-4-14(5-7-23)24-9-13(22)10-24;11-6-1-2-7(8(12)3-6)9(16)15-4-10(13,14)5-15/h1-5,10-11,19-20,35,41H,6-9,12-15H2;1-3,8,13-14,26H,4-7,9-10,22H2;1-3H,4-5H2. The lowest BCUT2D eigenvalue weighted by Gasteiger charge is -2.48. The molecule has 14 nitrogen and oxygen atoms in total. The van der Waals surface area contributed by atoms with Gasteiger partial charge in [-0.05, 0) is 86.3 Å². The van der Waals surface area contributed by atoms with Crippen molar-refractivity contribution < 1.29 is 73.3 Å². The number of benzene rings is 4. The summed E-state index contributed by atoms with van der Waals surface area (Å²) < 4.78 is 135. The zero-order valence-electron chi connectivity index (χ0n) is 43.7. The van der Waals surface area contributed by atoms with Gasteiger partial charge in [0.2, 0.25) is 0 Å². The number of nitrogens with one attached hydrogen (secondary N) is 1. The van der Waals surface area contributed by atoms with Gasteiger partial charge in [-0.3, -0.25) is 29.0 Å². The number of hydrogen-bond donors (Lipinski definition) is 4. The molecule has 6 fully saturated rings. The van der Waals surface area contributed by atoms with Crippen LogP contribution in [-0.4, -0.2) is 190 Å². The summed E-state index contributed by atoms with van der Waals surface area (Å²) in [5.74, 6) is -9.40. The smallest absolute Gasteiger partial charge is 0.380 e. The number of halogens is 15. The Morgan fingerprint density at radius 3 is 1.29 bits per heavy atom. The van der Waals surface area contributed by atoms with E-state index < -0.39 is 96.3 Å². The molecule has 6 aliphatic heterocycles. The second-order valence-electron chi connectivity index (χ2n) is 21.3. The fourth-order valence-electron chi connectivity index (χ4n) is 10.6. The van der Waals surface area contributed by atoms with Crippen molar-refractivity contribution in [1.29, 1.82) is 0 Å². The molecule has 0 aliphatic carbocycles. The molecule has 2 atom stereocenters. The Morgan fingerprint density at radius 2 is 0.940 bits per heavy atom. The summed E-state index contributed by atoms with van der Waals surface area (Å²) in [6.07, 6.45) is -8.39. The number of aliphatic hydroxyl groups is 2. The van der Waals surface area contributed by atoms with Crippen LogP contribution >= 0.6 is 62.3 Å². The number of hydrogen-bond acceptors (Lipinski definition) is 10. The third kappa shape index (κ3) is 14.3. The fraction of sp³-hybridized carbons (Fsp3) is 0.481. The Labute approximate surface area is 498 Å². The summed E-state index contributed by atoms with van der Waals surface area (Å²) in [4.78, 5) is 58.4. The normalized spacial score (nSPS) is 21.3. The first kappa shape index (κ1) is 64.3. The highest BCUT2D eigenvalue weighted by atomic mass is 79.9. The van der Waals surface area contributed by atoms with Crippen molar-refractivity contribution in [2.45, 2.75) is 85.3 Å². The van der Waals surface area contributed by atoms with E-state index in [9.17, 15) is 73.3 Å². The van der Waals surface area contributed by atoms with E-state index in [-0.39, 0.29) is 81.6 Å². The van der Waals surface area contributed by atoms with Gasteiger partial charge in [-0.1, -0.05) is 86.6 Å². The highest BCUT2D eigenvalue weighted by molar-refractivity contribution is 9.10. The number of nitrogens with zero attached hydrogens (tertiary/aromatic N) is 6. The van der Waals surface area contributed by atoms with E-state index in [1.54, 1.807) is 24.3 Å². The molecule has 5 N–H and O–H groups in total. The Bertz CT molecular complexity index is 3040. The van der Waals surface area contributed by atoms with E-state index in [0.717, 1.165) is 61.4 Å². The van der Waals surface area contributed by atoms with Crippen LogP contribution < -0.4 is 11.1 Å². The van der Waals surface area contributed by atoms with Crippen LogP contribution in [0.3, 0.4) is 0 Å². The maximum Gasteiger partial charge on any atom is 0.430 e. The van der Waals surface area contributed by atoms with Crippen molar-refractivity contribution in [3.63, 3.8) is 0 Å². The lowest BCUT2D eigenvalue weighted by Crippen LogP contribution is -2.62. The lowest BCUT2D eigenvalue weighted by molar-refractivity contribution is -0.263. The van der Waals surface area contributed by atoms with Crippen molar-refractivity contribution >= 4 is 91.6 Å². The van der Waals surface area contributed by atoms with Gasteiger partial charge in [-0.25, -0.2) is 17.6 Å². The molecule has 10 rings (SSSR count). The Kier molecular flexibility index (Phi) is 19.3. The van der Waals surface area contributed by atoms with Gasteiger partial charge in [0.15, 0.2) is 0 Å². The maximum absolute atomic E-state index is 14.0. The van der Waals surface area contributed by atoms with E-state index in [1.807, 2.05) is 0 Å². The molecule has 0 saturated carbocycles. The summed E-state index contributed by atoms with van der Waals surface area (Å²) in [6.45, 7) is 0.969. The molecule has 4 aromatic rings. The van der Waals surface area contributed by atoms with E-state index in [1.165, 1.54) is 36.4 Å². The second-order valence-corrected chi connectivity index (χ2v) is 23.9. The van der Waals surface area contributed by atoms with E-state index in [0.29, 0.717) is 44.5 Å². The van der Waals surface area contributed by atoms with Gasteiger partial charge >= 0.3 is 12.4 Å². The van der Waals surface area contributed by atoms with Crippen LogP contribution in [0.4, 0.5) is 49.6 Å². The van der Waals surface area contributed by atoms with Crippen LogP contribution in [0.25, 0.3) is 0 Å². The molecule has 83 heavy (non-hydrogen) atoms. The van der Waals surface area contributed by atoms with Crippen LogP contribution in [0.5, 0.6) is 0 Å². The average molecular weight is 1320 g/mol. The van der Waals surface area contributed by atoms with Crippen LogP contribution in [0.2, 0.25) is 20.1 Å². The number of amides is 4. The van der Waals surface area contributed by atoms with E-state index >= 15 is 0 Å². The van der Waals surface area contributed by atoms with Gasteiger partial charge in [0.25, 0.3) is 46.7 Å². The third-order valence-electron chi connectivity index (χ3n) is 15.3. The molecule has 4 amide bonds. The summed E-state index contributed by atoms with van der Waals surface area (Å²) in [6, 6.07) is 19.2. The third-order valence-corrected chi connectivity index (χ3v) is 16.9. The highest BCUT2D eigenvalue weighted by Crippen LogP contribution is 2.44. The number of alkyl halides is 10. The quantitative estimate of drug-likeness (QED) is 0.112. The summed E-state index contributed by atoms with van der Waals surface area (Å²) in [5.41, 5.74) is -1.68. The molecule has 452 valence electrons. The summed E-state index contributed by atoms with van der Waals surface area (Å²) >= 11 is 26.9. The number of nitrogens with two attached hydrogens (primary N) is 1. The topological polar surface area (TPSA) is 166 Å². The zero-order chi connectivity index (χ0) is 60.8. The van der Waals surface area contributed by atoms with Gasteiger partial charge in [-0.15, -0.1) is 0 Å². The van der Waals surface area contributed by atoms with E-state index in [2.05, 4.69) is 31.0 Å². The molecular formula is C54H55BrCl4F10N8O6. The monoisotopic (exact) mass is 1320 g/mol. The van der Waals surface area contributed by atoms with Gasteiger partial charge in [0.05, 0.1) is 53.4 Å². The fourth-order valence-corrected chi connectivity index (χ4v) is 12.0. The molecule has 2 unspecified atom stereocenters. The van der Waals surface area contributed by atoms with Crippen LogP contribution in [0.15, 0.2) is 89.4 Å². The summed E-state index contributed by atoms with van der Waals surface area (Å²) in [5, 5.41) is 24.8. The maximum atomic E-state index is 14.0. The van der Waals surface area contributed by atoms with Crippen LogP contribution in [0, 0.1) is 0 Å². The molecule has 6 heterocycles. The van der Waals surface area contributed by atoms with Crippen molar-refractivity contribution in [3.05, 3.63) is 132 Å². The van der Waals surface area contributed by atoms with Crippen LogP contribution in [0.1, 0.15) is 57.5 Å². The SMILES string of the molecule is NC1CN(C2CCN(C(=O)C(O)(c3cccc(Cl)c3)C(F)(F)F)CC2)C1.O=C(c1ccc(Br)cc1Cl)N1CC(F)(F)C1.O=C(c1ccc(NC2CN(C3CCN(C(=O)C(O)(c4cccc(Cl)c4)C(F)(F)F)CC3)C2)cc1Cl)N1CC(F)(F)C1. The van der Waals surface area contributed by atoms with Crippen LogP contribution in [-0.2, 0) is 20.8 Å². The molecule has 0 spiro atoms. The summed E-state index contributed by atoms with van der Waals surface area (Å²) in [7, 11) is 0. The minimum absolute atomic E-state index is 0.0193. The van der Waals surface area contributed by atoms with Crippen molar-refractivity contribution in [2.75, 3.05) is 83.9 Å². The molecule has 4 aromatic carbocycles. The minimum Gasteiger partial charge on any atom is -0.380 e. The molecular weight excluding hydrogens is 1270 g/mol. The highest BCUT2D eigenvalue weighted by Gasteiger charge is 2.63. The first-order valence-electron chi connectivity index (χ1n) is 26.0. The number of carbonyl (C=O) groups excluding carboxylic acids is 4. The second kappa shape index (κ2) is 25.0. The number of anilines is 1. The molecule has 0 radical (unpaired) electrons. The molecule has 6 saturated heterocycles. The largest absolute Gasteiger partial charge is 0.430 e. The Morgan fingerprint density at radius 1 is 0.554 bits per heavy atom. The van der Waals surface area contributed by atoms with E-state index in [4.69, 9.17) is 52.1 Å². The van der Waals surface area contributed by atoms with Crippen molar-refractivity contribution in [2.24, 2.45) is 5.73 Å². The Hall–Kier alpha value is -4.70. The van der Waals surface area contributed by atoms with Crippen molar-refractivity contribution in [1.82, 2.24) is 29.4 Å². The minimum atomic E-state index is -5.24. The predicted molar refractivity (Wildman–Crippen MR) is 293 cm³/mol. The zero-order valence-corrected chi connectivity index (χ0v) is 48.3. The Balaban J connectivity index is 0.000000182. The van der Waals surface area contributed by atoms with Gasteiger partial charge in [-0.2, -0.15) is 26.3 Å².